The summed E-state index contributed by atoms with van der Waals surface area (Å²) in [6, 6.07) is 0. The fourth-order valence-electron chi connectivity index (χ4n) is 2.55. The summed E-state index contributed by atoms with van der Waals surface area (Å²) in [5.41, 5.74) is -1.04. The Bertz CT molecular complexity index is 266. The molecule has 1 rings (SSSR count). The quantitative estimate of drug-likeness (QED) is 0.668. The molecule has 0 spiro atoms. The first kappa shape index (κ1) is 15.4. The second-order valence-corrected chi connectivity index (χ2v) is 4.35. The van der Waals surface area contributed by atoms with Crippen LogP contribution in [0.5, 0.6) is 0 Å². The van der Waals surface area contributed by atoms with Gasteiger partial charge in [0.2, 0.25) is 0 Å². The predicted molar refractivity (Wildman–Crippen MR) is 63.4 cm³/mol. The molecule has 1 aliphatic rings. The molecule has 0 bridgehead atoms. The van der Waals surface area contributed by atoms with Crippen molar-refractivity contribution >= 4 is 5.97 Å². The average Bonchev–Trinajstić information content (AvgIpc) is 2.44. The molecular weight excluding hydrogens is 240 g/mol. The van der Waals surface area contributed by atoms with Gasteiger partial charge in [-0.05, 0) is 0 Å². The maximum atomic E-state index is 11.9. The van der Waals surface area contributed by atoms with Gasteiger partial charge in [-0.2, -0.15) is 0 Å². The normalized spacial score (nSPS) is 36.4. The van der Waals surface area contributed by atoms with E-state index in [9.17, 15) is 4.79 Å². The molecule has 0 saturated heterocycles. The molecular formula is C12H22O6. The van der Waals surface area contributed by atoms with Gasteiger partial charge in [-0.25, -0.2) is 4.79 Å². The predicted octanol–water partition coefficient (Wildman–Crippen LogP) is 0.383. The highest BCUT2D eigenvalue weighted by Gasteiger charge is 2.52. The molecule has 106 valence electrons. The van der Waals surface area contributed by atoms with Gasteiger partial charge in [-0.15, -0.1) is 0 Å². The van der Waals surface area contributed by atoms with E-state index in [1.807, 2.05) is 0 Å². The smallest absolute Gasteiger partial charge is 0.338 e. The molecule has 1 aliphatic carbocycles. The van der Waals surface area contributed by atoms with Crippen molar-refractivity contribution < 1.29 is 28.5 Å². The van der Waals surface area contributed by atoms with Gasteiger partial charge in [0, 0.05) is 41.3 Å². The van der Waals surface area contributed by atoms with Crippen LogP contribution in [0.1, 0.15) is 12.8 Å². The van der Waals surface area contributed by atoms with E-state index in [0.717, 1.165) is 0 Å². The lowest BCUT2D eigenvalue weighted by atomic mass is 9.79. The summed E-state index contributed by atoms with van der Waals surface area (Å²) in [5.74, 6) is -0.413. The number of carbonyl (C=O) groups is 1. The molecule has 1 fully saturated rings. The fraction of sp³-hybridized carbons (Fsp3) is 0.917. The summed E-state index contributed by atoms with van der Waals surface area (Å²) in [6.07, 6.45) is -0.0377. The number of ether oxygens (including phenoxy) is 5. The summed E-state index contributed by atoms with van der Waals surface area (Å²) in [7, 11) is 7.58. The minimum Gasteiger partial charge on any atom is -0.467 e. The first-order valence-corrected chi connectivity index (χ1v) is 5.80. The number of methoxy groups -OCH3 is 5. The highest BCUT2D eigenvalue weighted by Crippen LogP contribution is 2.36. The van der Waals surface area contributed by atoms with E-state index in [-0.39, 0.29) is 18.3 Å². The lowest BCUT2D eigenvalue weighted by Gasteiger charge is -2.44. The number of esters is 1. The van der Waals surface area contributed by atoms with Crippen LogP contribution in [-0.2, 0) is 28.5 Å². The van der Waals surface area contributed by atoms with Crippen molar-refractivity contribution in [2.45, 2.75) is 36.8 Å². The van der Waals surface area contributed by atoms with E-state index >= 15 is 0 Å². The zero-order valence-electron chi connectivity index (χ0n) is 11.6. The summed E-state index contributed by atoms with van der Waals surface area (Å²) < 4.78 is 26.4. The number of rotatable bonds is 5. The Morgan fingerprint density at radius 3 is 1.72 bits per heavy atom. The Kier molecular flexibility index (Phi) is 5.52. The van der Waals surface area contributed by atoms with Crippen LogP contribution in [0.2, 0.25) is 0 Å². The molecule has 0 amide bonds. The monoisotopic (exact) mass is 262 g/mol. The van der Waals surface area contributed by atoms with Gasteiger partial charge in [-0.1, -0.05) is 0 Å². The maximum absolute atomic E-state index is 11.9. The van der Waals surface area contributed by atoms with Gasteiger partial charge in [0.05, 0.1) is 19.3 Å². The van der Waals surface area contributed by atoms with Crippen LogP contribution in [0.3, 0.4) is 0 Å². The minimum absolute atomic E-state index is 0.229. The molecule has 6 nitrogen and oxygen atoms in total. The van der Waals surface area contributed by atoms with Gasteiger partial charge < -0.3 is 23.7 Å². The summed E-state index contributed by atoms with van der Waals surface area (Å²) in [6.45, 7) is 0. The Morgan fingerprint density at radius 1 is 0.944 bits per heavy atom. The van der Waals surface area contributed by atoms with Crippen molar-refractivity contribution in [2.24, 2.45) is 0 Å². The first-order valence-electron chi connectivity index (χ1n) is 5.80. The lowest BCUT2D eigenvalue weighted by Crippen LogP contribution is -2.58. The molecule has 0 heterocycles. The van der Waals surface area contributed by atoms with Crippen molar-refractivity contribution in [3.63, 3.8) is 0 Å². The molecule has 0 radical (unpaired) electrons. The fourth-order valence-corrected chi connectivity index (χ4v) is 2.55. The van der Waals surface area contributed by atoms with E-state index < -0.39 is 11.6 Å². The molecule has 0 aromatic carbocycles. The molecule has 0 aromatic heterocycles. The molecule has 1 saturated carbocycles. The van der Waals surface area contributed by atoms with E-state index in [1.54, 1.807) is 21.3 Å². The molecule has 0 aliphatic heterocycles. The minimum atomic E-state index is -1.04. The third kappa shape index (κ3) is 2.66. The molecule has 2 unspecified atom stereocenters. The van der Waals surface area contributed by atoms with Gasteiger partial charge in [-0.3, -0.25) is 0 Å². The maximum Gasteiger partial charge on any atom is 0.338 e. The van der Waals surface area contributed by atoms with Crippen LogP contribution in [-0.4, -0.2) is 65.4 Å². The van der Waals surface area contributed by atoms with Crippen molar-refractivity contribution in [3.05, 3.63) is 0 Å². The Labute approximate surface area is 107 Å². The average molecular weight is 262 g/mol. The zero-order chi connectivity index (χ0) is 13.8. The highest BCUT2D eigenvalue weighted by atomic mass is 16.6. The Balaban J connectivity index is 3.00. The molecule has 0 N–H and O–H groups in total. The number of carbonyl (C=O) groups excluding carboxylic acids is 1. The van der Waals surface area contributed by atoms with Crippen LogP contribution in [0.25, 0.3) is 0 Å². The van der Waals surface area contributed by atoms with Crippen LogP contribution in [0.4, 0.5) is 0 Å². The van der Waals surface area contributed by atoms with Gasteiger partial charge in [0.1, 0.15) is 6.10 Å². The standard InChI is InChI=1S/C12H22O6/c1-14-8-6-12(18-5,11(13)17-4)7-9(15-2)10(8)16-3/h8-10H,6-7H2,1-5H3. The van der Waals surface area contributed by atoms with Crippen LogP contribution in [0, 0.1) is 0 Å². The zero-order valence-corrected chi connectivity index (χ0v) is 11.6. The SMILES string of the molecule is COC(=O)C1(OC)CC(OC)C(OC)C(OC)C1. The molecule has 2 atom stereocenters. The summed E-state index contributed by atoms with van der Waals surface area (Å²) in [4.78, 5) is 11.9. The van der Waals surface area contributed by atoms with E-state index in [1.165, 1.54) is 14.2 Å². The first-order chi connectivity index (χ1) is 8.58. The number of hydrogen-bond acceptors (Lipinski definition) is 6. The number of hydrogen-bond donors (Lipinski definition) is 0. The Morgan fingerprint density at radius 2 is 1.44 bits per heavy atom. The van der Waals surface area contributed by atoms with Crippen molar-refractivity contribution in [3.8, 4) is 0 Å². The topological polar surface area (TPSA) is 63.2 Å². The third-order valence-electron chi connectivity index (χ3n) is 3.62. The van der Waals surface area contributed by atoms with E-state index in [2.05, 4.69) is 0 Å². The highest BCUT2D eigenvalue weighted by molar-refractivity contribution is 5.80. The van der Waals surface area contributed by atoms with Gasteiger partial charge in [0.15, 0.2) is 5.60 Å². The van der Waals surface area contributed by atoms with Crippen molar-refractivity contribution in [1.82, 2.24) is 0 Å². The molecule has 6 heteroatoms. The lowest BCUT2D eigenvalue weighted by molar-refractivity contribution is -0.207. The van der Waals surface area contributed by atoms with E-state index in [0.29, 0.717) is 12.8 Å². The van der Waals surface area contributed by atoms with Crippen LogP contribution >= 0.6 is 0 Å². The summed E-state index contributed by atoms with van der Waals surface area (Å²) >= 11 is 0. The molecule has 18 heavy (non-hydrogen) atoms. The van der Waals surface area contributed by atoms with Crippen molar-refractivity contribution in [2.75, 3.05) is 35.5 Å². The third-order valence-corrected chi connectivity index (χ3v) is 3.62. The largest absolute Gasteiger partial charge is 0.467 e. The van der Waals surface area contributed by atoms with Crippen molar-refractivity contribution in [1.29, 1.82) is 0 Å². The van der Waals surface area contributed by atoms with E-state index in [4.69, 9.17) is 23.7 Å². The second kappa shape index (κ2) is 6.47. The molecule has 0 aromatic rings. The van der Waals surface area contributed by atoms with Crippen LogP contribution in [0.15, 0.2) is 0 Å². The van der Waals surface area contributed by atoms with Crippen LogP contribution < -0.4 is 0 Å². The van der Waals surface area contributed by atoms with Gasteiger partial charge >= 0.3 is 5.97 Å². The second-order valence-electron chi connectivity index (χ2n) is 4.35. The van der Waals surface area contributed by atoms with Gasteiger partial charge in [0.25, 0.3) is 0 Å². The Hall–Kier alpha value is -0.690. The summed E-state index contributed by atoms with van der Waals surface area (Å²) in [5, 5.41) is 0.